The average molecular weight is 437 g/mol. The number of benzene rings is 2. The van der Waals surface area contributed by atoms with Crippen molar-refractivity contribution in [3.8, 4) is 0 Å². The van der Waals surface area contributed by atoms with Gasteiger partial charge in [0.05, 0.1) is 27.0 Å². The van der Waals surface area contributed by atoms with Crippen molar-refractivity contribution in [2.75, 3.05) is 4.90 Å². The SMILES string of the molecule is Cc1ccc2oc3c(c(=O)c2c1)C(c1ccc(Cl)c(Cl)c1)N(c1ccccn1)C3=O. The number of hydrogen-bond donors (Lipinski definition) is 0. The maximum atomic E-state index is 13.5. The van der Waals surface area contributed by atoms with Crippen molar-refractivity contribution >= 4 is 45.9 Å². The Labute approximate surface area is 181 Å². The Morgan fingerprint density at radius 2 is 1.83 bits per heavy atom. The molecule has 0 radical (unpaired) electrons. The monoisotopic (exact) mass is 436 g/mol. The molecule has 7 heteroatoms. The van der Waals surface area contributed by atoms with Crippen LogP contribution in [-0.4, -0.2) is 10.9 Å². The van der Waals surface area contributed by atoms with Crippen LogP contribution < -0.4 is 10.3 Å². The number of carbonyl (C=O) groups excluding carboxylic acids is 1. The summed E-state index contributed by atoms with van der Waals surface area (Å²) in [7, 11) is 0. The molecule has 0 saturated heterocycles. The molecule has 5 nitrogen and oxygen atoms in total. The topological polar surface area (TPSA) is 63.4 Å². The van der Waals surface area contributed by atoms with E-state index < -0.39 is 11.9 Å². The van der Waals surface area contributed by atoms with Gasteiger partial charge in [0.1, 0.15) is 11.4 Å². The predicted molar refractivity (Wildman–Crippen MR) is 117 cm³/mol. The molecule has 0 saturated carbocycles. The maximum Gasteiger partial charge on any atom is 0.296 e. The highest BCUT2D eigenvalue weighted by Crippen LogP contribution is 2.41. The second-order valence-electron chi connectivity index (χ2n) is 7.11. The molecule has 1 aliphatic rings. The number of nitrogens with zero attached hydrogens (tertiary/aromatic N) is 2. The predicted octanol–water partition coefficient (Wildman–Crippen LogP) is 5.55. The average Bonchev–Trinajstić information content (AvgIpc) is 3.04. The van der Waals surface area contributed by atoms with E-state index in [9.17, 15) is 9.59 Å². The van der Waals surface area contributed by atoms with E-state index in [0.717, 1.165) is 5.56 Å². The Kier molecular flexibility index (Phi) is 4.38. The van der Waals surface area contributed by atoms with Gasteiger partial charge in [0.15, 0.2) is 5.43 Å². The Bertz CT molecular complexity index is 1380. The third-order valence-corrected chi connectivity index (χ3v) is 5.92. The van der Waals surface area contributed by atoms with Crippen LogP contribution in [0.4, 0.5) is 5.82 Å². The zero-order chi connectivity index (χ0) is 21.0. The van der Waals surface area contributed by atoms with Gasteiger partial charge in [-0.3, -0.25) is 14.5 Å². The molecular weight excluding hydrogens is 423 g/mol. The molecule has 2 aromatic carbocycles. The van der Waals surface area contributed by atoms with Crippen LogP contribution in [0.25, 0.3) is 11.0 Å². The Hall–Kier alpha value is -3.15. The third-order valence-electron chi connectivity index (χ3n) is 5.18. The first-order valence-electron chi connectivity index (χ1n) is 9.22. The second kappa shape index (κ2) is 6.97. The quantitative estimate of drug-likeness (QED) is 0.412. The van der Waals surface area contributed by atoms with Gasteiger partial charge < -0.3 is 4.42 Å². The Balaban J connectivity index is 1.84. The second-order valence-corrected chi connectivity index (χ2v) is 7.93. The molecular formula is C23H14Cl2N2O3. The van der Waals surface area contributed by atoms with Crippen molar-refractivity contribution in [1.29, 1.82) is 0 Å². The number of pyridine rings is 1. The van der Waals surface area contributed by atoms with E-state index in [4.69, 9.17) is 27.6 Å². The van der Waals surface area contributed by atoms with Crippen LogP contribution in [0.15, 0.2) is 70.0 Å². The van der Waals surface area contributed by atoms with Crippen LogP contribution in [0.5, 0.6) is 0 Å². The number of carbonyl (C=O) groups is 1. The van der Waals surface area contributed by atoms with Crippen molar-refractivity contribution in [2.45, 2.75) is 13.0 Å². The first-order chi connectivity index (χ1) is 14.5. The third kappa shape index (κ3) is 2.82. The summed E-state index contributed by atoms with van der Waals surface area (Å²) in [4.78, 5) is 32.7. The van der Waals surface area contributed by atoms with Crippen LogP contribution in [0, 0.1) is 6.92 Å². The molecule has 30 heavy (non-hydrogen) atoms. The lowest BCUT2D eigenvalue weighted by molar-refractivity contribution is 0.0970. The molecule has 0 aliphatic carbocycles. The molecule has 1 aliphatic heterocycles. The van der Waals surface area contributed by atoms with Crippen LogP contribution in [0.2, 0.25) is 10.0 Å². The molecule has 1 amide bonds. The van der Waals surface area contributed by atoms with Gasteiger partial charge >= 0.3 is 0 Å². The zero-order valence-electron chi connectivity index (χ0n) is 15.7. The fourth-order valence-electron chi connectivity index (χ4n) is 3.82. The lowest BCUT2D eigenvalue weighted by atomic mass is 9.98. The minimum Gasteiger partial charge on any atom is -0.450 e. The van der Waals surface area contributed by atoms with E-state index in [1.165, 1.54) is 4.90 Å². The van der Waals surface area contributed by atoms with E-state index in [0.29, 0.717) is 32.4 Å². The highest BCUT2D eigenvalue weighted by atomic mass is 35.5. The van der Waals surface area contributed by atoms with Crippen molar-refractivity contribution in [3.63, 3.8) is 0 Å². The van der Waals surface area contributed by atoms with E-state index in [1.807, 2.05) is 13.0 Å². The van der Waals surface area contributed by atoms with Gasteiger partial charge in [-0.25, -0.2) is 4.98 Å². The molecule has 5 rings (SSSR count). The lowest BCUT2D eigenvalue weighted by Crippen LogP contribution is -2.30. The van der Waals surface area contributed by atoms with Crippen LogP contribution in [0.3, 0.4) is 0 Å². The number of amides is 1. The number of hydrogen-bond acceptors (Lipinski definition) is 4. The Morgan fingerprint density at radius 3 is 2.57 bits per heavy atom. The fraction of sp³-hybridized carbons (Fsp3) is 0.0870. The first kappa shape index (κ1) is 18.9. The van der Waals surface area contributed by atoms with Crippen molar-refractivity contribution in [1.82, 2.24) is 4.98 Å². The van der Waals surface area contributed by atoms with Gasteiger partial charge in [-0.15, -0.1) is 0 Å². The van der Waals surface area contributed by atoms with Gasteiger partial charge in [0.2, 0.25) is 5.76 Å². The van der Waals surface area contributed by atoms with Gasteiger partial charge in [-0.2, -0.15) is 0 Å². The van der Waals surface area contributed by atoms with Crippen LogP contribution >= 0.6 is 23.2 Å². The van der Waals surface area contributed by atoms with E-state index >= 15 is 0 Å². The summed E-state index contributed by atoms with van der Waals surface area (Å²) >= 11 is 12.3. The van der Waals surface area contributed by atoms with Gasteiger partial charge in [-0.1, -0.05) is 47.0 Å². The summed E-state index contributed by atoms with van der Waals surface area (Å²) in [6.45, 7) is 1.90. The molecule has 1 unspecified atom stereocenters. The number of halogens is 2. The first-order valence-corrected chi connectivity index (χ1v) is 9.98. The van der Waals surface area contributed by atoms with Gasteiger partial charge in [0.25, 0.3) is 5.91 Å². The van der Waals surface area contributed by atoms with Crippen molar-refractivity contribution < 1.29 is 9.21 Å². The number of aryl methyl sites for hydroxylation is 1. The molecule has 4 aromatic rings. The van der Waals surface area contributed by atoms with Gasteiger partial charge in [-0.05, 0) is 48.9 Å². The zero-order valence-corrected chi connectivity index (χ0v) is 17.2. The molecule has 0 fully saturated rings. The largest absolute Gasteiger partial charge is 0.450 e. The number of aromatic nitrogens is 1. The Morgan fingerprint density at radius 1 is 1.00 bits per heavy atom. The fourth-order valence-corrected chi connectivity index (χ4v) is 4.12. The van der Waals surface area contributed by atoms with E-state index in [1.54, 1.807) is 54.7 Å². The number of fused-ring (bicyclic) bond motifs is 2. The number of rotatable bonds is 2. The van der Waals surface area contributed by atoms with Crippen molar-refractivity contribution in [3.05, 3.63) is 104 Å². The smallest absolute Gasteiger partial charge is 0.296 e. The number of anilines is 1. The standard InChI is InChI=1S/C23H14Cl2N2O3/c1-12-5-8-17-14(10-12)21(28)19-20(13-6-7-15(24)16(25)11-13)27(23(29)22(19)30-17)18-4-2-3-9-26-18/h2-11,20H,1H3. The van der Waals surface area contributed by atoms with Crippen LogP contribution in [0.1, 0.15) is 33.3 Å². The molecule has 148 valence electrons. The molecule has 0 bridgehead atoms. The van der Waals surface area contributed by atoms with Gasteiger partial charge in [0, 0.05) is 6.20 Å². The van der Waals surface area contributed by atoms with Crippen molar-refractivity contribution in [2.24, 2.45) is 0 Å². The summed E-state index contributed by atoms with van der Waals surface area (Å²) < 4.78 is 5.93. The molecule has 3 heterocycles. The lowest BCUT2D eigenvalue weighted by Gasteiger charge is -2.24. The minimum atomic E-state index is -0.738. The minimum absolute atomic E-state index is 0.0121. The summed E-state index contributed by atoms with van der Waals surface area (Å²) in [5, 5.41) is 1.14. The highest BCUT2D eigenvalue weighted by Gasteiger charge is 2.44. The van der Waals surface area contributed by atoms with E-state index in [-0.39, 0.29) is 16.8 Å². The maximum absolute atomic E-state index is 13.5. The summed E-state index contributed by atoms with van der Waals surface area (Å²) in [6, 6.07) is 14.9. The van der Waals surface area contributed by atoms with Crippen LogP contribution in [-0.2, 0) is 0 Å². The summed E-state index contributed by atoms with van der Waals surface area (Å²) in [5.41, 5.74) is 1.95. The molecule has 0 N–H and O–H groups in total. The normalized spacial score (nSPS) is 15.6. The summed E-state index contributed by atoms with van der Waals surface area (Å²) in [6.07, 6.45) is 1.59. The van der Waals surface area contributed by atoms with E-state index in [2.05, 4.69) is 4.98 Å². The molecule has 2 aromatic heterocycles. The molecule has 1 atom stereocenters. The molecule has 0 spiro atoms. The summed E-state index contributed by atoms with van der Waals surface area (Å²) in [5.74, 6) is -0.0120. The highest BCUT2D eigenvalue weighted by molar-refractivity contribution is 6.42.